The van der Waals surface area contributed by atoms with Crippen molar-refractivity contribution < 1.29 is 14.6 Å². The average molecular weight is 201 g/mol. The minimum atomic E-state index is -0.742. The van der Waals surface area contributed by atoms with Crippen molar-refractivity contribution in [2.45, 2.75) is 19.3 Å². The van der Waals surface area contributed by atoms with Crippen molar-refractivity contribution in [2.24, 2.45) is 0 Å². The summed E-state index contributed by atoms with van der Waals surface area (Å²) in [5, 5.41) is 11.5. The van der Waals surface area contributed by atoms with Gasteiger partial charge in [0.15, 0.2) is 0 Å². The van der Waals surface area contributed by atoms with E-state index in [2.05, 4.69) is 11.9 Å². The first-order valence-electron chi connectivity index (χ1n) is 4.88. The number of ether oxygens (including phenoxy) is 1. The average Bonchev–Trinajstić information content (AvgIpc) is 2.15. The van der Waals surface area contributed by atoms with Crippen molar-refractivity contribution in [3.63, 3.8) is 0 Å². The molecule has 0 unspecified atom stereocenters. The Bertz CT molecular complexity index is 159. The van der Waals surface area contributed by atoms with Gasteiger partial charge in [0.1, 0.15) is 0 Å². The molecule has 0 fully saturated rings. The third-order valence-electron chi connectivity index (χ3n) is 1.63. The summed E-state index contributed by atoms with van der Waals surface area (Å²) in [7, 11) is 0. The van der Waals surface area contributed by atoms with E-state index in [0.29, 0.717) is 19.6 Å². The lowest BCUT2D eigenvalue weighted by Crippen LogP contribution is -2.21. The van der Waals surface area contributed by atoms with E-state index in [-0.39, 0.29) is 6.42 Å². The molecule has 14 heavy (non-hydrogen) atoms. The maximum absolute atomic E-state index is 10.1. The van der Waals surface area contributed by atoms with Crippen LogP contribution in [0.1, 0.15) is 19.3 Å². The largest absolute Gasteiger partial charge is 0.481 e. The molecule has 4 nitrogen and oxygen atoms in total. The van der Waals surface area contributed by atoms with E-state index < -0.39 is 5.97 Å². The summed E-state index contributed by atoms with van der Waals surface area (Å²) in [6.07, 6.45) is 3.59. The Hall–Kier alpha value is -0.870. The molecule has 0 radical (unpaired) electrons. The summed E-state index contributed by atoms with van der Waals surface area (Å²) in [6, 6.07) is 0. The summed E-state index contributed by atoms with van der Waals surface area (Å²) >= 11 is 0. The summed E-state index contributed by atoms with van der Waals surface area (Å²) < 4.78 is 5.25. The quantitative estimate of drug-likeness (QED) is 0.409. The van der Waals surface area contributed by atoms with Gasteiger partial charge in [-0.1, -0.05) is 6.08 Å². The number of hydrogen-bond donors (Lipinski definition) is 2. The summed E-state index contributed by atoms with van der Waals surface area (Å²) in [6.45, 7) is 6.47. The normalized spacial score (nSPS) is 10.0. The Balaban J connectivity index is 2.92. The number of hydrogen-bond acceptors (Lipinski definition) is 3. The molecular weight excluding hydrogens is 182 g/mol. The molecule has 82 valence electrons. The van der Waals surface area contributed by atoms with Crippen LogP contribution in [0, 0.1) is 0 Å². The van der Waals surface area contributed by atoms with Crippen LogP contribution in [0.25, 0.3) is 0 Å². The van der Waals surface area contributed by atoms with Gasteiger partial charge in [0.05, 0.1) is 13.2 Å². The van der Waals surface area contributed by atoms with E-state index in [0.717, 1.165) is 19.5 Å². The van der Waals surface area contributed by atoms with Crippen molar-refractivity contribution in [1.29, 1.82) is 0 Å². The maximum Gasteiger partial charge on any atom is 0.303 e. The Morgan fingerprint density at radius 2 is 2.21 bits per heavy atom. The lowest BCUT2D eigenvalue weighted by atomic mass is 10.3. The van der Waals surface area contributed by atoms with E-state index in [1.807, 2.05) is 6.08 Å². The fourth-order valence-electron chi connectivity index (χ4n) is 0.903. The fourth-order valence-corrected chi connectivity index (χ4v) is 0.903. The smallest absolute Gasteiger partial charge is 0.303 e. The SMILES string of the molecule is C=CCCOCCNCCCC(=O)O. The number of nitrogens with one attached hydrogen (secondary N) is 1. The van der Waals surface area contributed by atoms with Crippen LogP contribution in [0.4, 0.5) is 0 Å². The van der Waals surface area contributed by atoms with E-state index in [4.69, 9.17) is 9.84 Å². The summed E-state index contributed by atoms with van der Waals surface area (Å²) in [4.78, 5) is 10.1. The Morgan fingerprint density at radius 1 is 1.43 bits per heavy atom. The Kier molecular flexibility index (Phi) is 9.58. The monoisotopic (exact) mass is 201 g/mol. The number of carboxylic acid groups (broad SMARTS) is 1. The molecule has 0 aromatic carbocycles. The van der Waals surface area contributed by atoms with Gasteiger partial charge in [-0.15, -0.1) is 6.58 Å². The summed E-state index contributed by atoms with van der Waals surface area (Å²) in [5.41, 5.74) is 0. The van der Waals surface area contributed by atoms with Gasteiger partial charge < -0.3 is 15.2 Å². The second kappa shape index (κ2) is 10.2. The lowest BCUT2D eigenvalue weighted by Gasteiger charge is -2.04. The van der Waals surface area contributed by atoms with Gasteiger partial charge in [-0.25, -0.2) is 0 Å². The number of rotatable bonds is 10. The molecule has 0 amide bonds. The second-order valence-electron chi connectivity index (χ2n) is 2.94. The van der Waals surface area contributed by atoms with Gasteiger partial charge in [0, 0.05) is 13.0 Å². The van der Waals surface area contributed by atoms with Crippen molar-refractivity contribution >= 4 is 5.97 Å². The van der Waals surface area contributed by atoms with E-state index in [1.165, 1.54) is 0 Å². The molecule has 0 aliphatic carbocycles. The van der Waals surface area contributed by atoms with Gasteiger partial charge in [0.25, 0.3) is 0 Å². The molecule has 0 aromatic heterocycles. The van der Waals surface area contributed by atoms with Gasteiger partial charge in [-0.05, 0) is 19.4 Å². The highest BCUT2D eigenvalue weighted by Crippen LogP contribution is 1.86. The molecule has 0 atom stereocenters. The van der Waals surface area contributed by atoms with Gasteiger partial charge >= 0.3 is 5.97 Å². The first kappa shape index (κ1) is 13.1. The van der Waals surface area contributed by atoms with Crippen LogP contribution in [0.2, 0.25) is 0 Å². The first-order valence-corrected chi connectivity index (χ1v) is 4.88. The van der Waals surface area contributed by atoms with Crippen LogP contribution < -0.4 is 5.32 Å². The number of carboxylic acids is 1. The predicted molar refractivity (Wildman–Crippen MR) is 55.4 cm³/mol. The van der Waals surface area contributed by atoms with Crippen LogP contribution in [0.3, 0.4) is 0 Å². The van der Waals surface area contributed by atoms with E-state index in [1.54, 1.807) is 0 Å². The third-order valence-corrected chi connectivity index (χ3v) is 1.63. The highest BCUT2D eigenvalue weighted by atomic mass is 16.5. The molecule has 0 rings (SSSR count). The van der Waals surface area contributed by atoms with Gasteiger partial charge in [-0.3, -0.25) is 4.79 Å². The minimum absolute atomic E-state index is 0.227. The second-order valence-corrected chi connectivity index (χ2v) is 2.94. The maximum atomic E-state index is 10.1. The fraction of sp³-hybridized carbons (Fsp3) is 0.700. The standard InChI is InChI=1S/C10H19NO3/c1-2-3-8-14-9-7-11-6-4-5-10(12)13/h2,11H,1,3-9H2,(H,12,13). The molecule has 2 N–H and O–H groups in total. The molecule has 0 spiro atoms. The van der Waals surface area contributed by atoms with Crippen molar-refractivity contribution in [3.05, 3.63) is 12.7 Å². The highest BCUT2D eigenvalue weighted by molar-refractivity contribution is 5.66. The molecule has 0 aliphatic rings. The lowest BCUT2D eigenvalue weighted by molar-refractivity contribution is -0.137. The first-order chi connectivity index (χ1) is 6.77. The van der Waals surface area contributed by atoms with Gasteiger partial charge in [-0.2, -0.15) is 0 Å². The van der Waals surface area contributed by atoms with Crippen LogP contribution in [0.5, 0.6) is 0 Å². The topological polar surface area (TPSA) is 58.6 Å². The van der Waals surface area contributed by atoms with Crippen LogP contribution in [0.15, 0.2) is 12.7 Å². The molecule has 0 saturated carbocycles. The van der Waals surface area contributed by atoms with Crippen molar-refractivity contribution in [2.75, 3.05) is 26.3 Å². The van der Waals surface area contributed by atoms with E-state index >= 15 is 0 Å². The predicted octanol–water partition coefficient (Wildman–Crippen LogP) is 1.03. The van der Waals surface area contributed by atoms with Crippen LogP contribution in [-0.2, 0) is 9.53 Å². The zero-order chi connectivity index (χ0) is 10.6. The molecule has 0 heterocycles. The van der Waals surface area contributed by atoms with Crippen molar-refractivity contribution in [3.8, 4) is 0 Å². The van der Waals surface area contributed by atoms with Gasteiger partial charge in [0.2, 0.25) is 0 Å². The van der Waals surface area contributed by atoms with Crippen molar-refractivity contribution in [1.82, 2.24) is 5.32 Å². The Labute approximate surface area is 85.0 Å². The Morgan fingerprint density at radius 3 is 2.86 bits per heavy atom. The van der Waals surface area contributed by atoms with Crippen LogP contribution in [-0.4, -0.2) is 37.4 Å². The van der Waals surface area contributed by atoms with E-state index in [9.17, 15) is 4.79 Å². The number of aliphatic carboxylic acids is 1. The molecular formula is C10H19NO3. The number of carbonyl (C=O) groups is 1. The third kappa shape index (κ3) is 11.1. The molecule has 4 heteroatoms. The zero-order valence-electron chi connectivity index (χ0n) is 8.50. The molecule has 0 aliphatic heterocycles. The highest BCUT2D eigenvalue weighted by Gasteiger charge is 1.95. The summed E-state index contributed by atoms with van der Waals surface area (Å²) in [5.74, 6) is -0.742. The molecule has 0 saturated heterocycles. The molecule has 0 bridgehead atoms. The molecule has 0 aromatic rings. The minimum Gasteiger partial charge on any atom is -0.481 e. The zero-order valence-corrected chi connectivity index (χ0v) is 8.50. The van der Waals surface area contributed by atoms with Crippen LogP contribution >= 0.6 is 0 Å².